The first-order valence-electron chi connectivity index (χ1n) is 5.76. The Morgan fingerprint density at radius 3 is 2.21 bits per heavy atom. The van der Waals surface area contributed by atoms with Crippen molar-refractivity contribution >= 4 is 39.1 Å². The molecule has 2 aromatic rings. The van der Waals surface area contributed by atoms with Crippen LogP contribution in [-0.2, 0) is 6.18 Å². The molecule has 0 N–H and O–H groups in total. The molecule has 0 saturated heterocycles. The molecule has 0 bridgehead atoms. The van der Waals surface area contributed by atoms with Crippen LogP contribution in [0.15, 0.2) is 16.7 Å². The summed E-state index contributed by atoms with van der Waals surface area (Å²) < 4.78 is 67.7. The molecule has 0 aliphatic heterocycles. The van der Waals surface area contributed by atoms with Crippen LogP contribution in [0.5, 0.6) is 5.75 Å². The van der Waals surface area contributed by atoms with Gasteiger partial charge in [-0.25, -0.2) is 4.68 Å². The monoisotopic (exact) mass is 449 g/mol. The van der Waals surface area contributed by atoms with Crippen molar-refractivity contribution in [3.63, 3.8) is 0 Å². The minimum Gasteiger partial charge on any atom is -0.429 e. The fraction of sp³-hybridized carbons (Fsp3) is 0.167. The van der Waals surface area contributed by atoms with E-state index in [9.17, 15) is 22.0 Å². The molecule has 0 amide bonds. The van der Waals surface area contributed by atoms with E-state index in [-0.39, 0.29) is 10.3 Å². The summed E-state index contributed by atoms with van der Waals surface area (Å²) in [5, 5.41) is 11.7. The van der Waals surface area contributed by atoms with E-state index in [1.54, 1.807) is 0 Å². The number of ether oxygens (including phenoxy) is 1. The molecule has 4 nitrogen and oxygen atoms in total. The van der Waals surface area contributed by atoms with E-state index in [0.717, 1.165) is 4.68 Å². The standard InChI is InChI=1S/C12H3BrCl2F5N3O/c13-10-9(24-11(16)17)7(3-21)22-23(10)8-5(14)1-4(2-6(8)15)12(18,19)20/h1-2,11H. The van der Waals surface area contributed by atoms with Gasteiger partial charge in [-0.1, -0.05) is 23.2 Å². The maximum Gasteiger partial charge on any atom is 0.416 e. The van der Waals surface area contributed by atoms with Crippen molar-refractivity contribution in [2.75, 3.05) is 0 Å². The van der Waals surface area contributed by atoms with Crippen LogP contribution in [0.1, 0.15) is 11.3 Å². The van der Waals surface area contributed by atoms with Crippen molar-refractivity contribution < 1.29 is 26.7 Å². The second-order valence-corrected chi connectivity index (χ2v) is 5.72. The summed E-state index contributed by atoms with van der Waals surface area (Å²) in [5.41, 5.74) is -1.87. The van der Waals surface area contributed by atoms with Gasteiger partial charge in [-0.15, -0.1) is 0 Å². The fourth-order valence-electron chi connectivity index (χ4n) is 1.73. The average Bonchev–Trinajstić information content (AvgIpc) is 2.74. The van der Waals surface area contributed by atoms with Gasteiger partial charge in [0.05, 0.1) is 15.6 Å². The predicted molar refractivity (Wildman–Crippen MR) is 77.6 cm³/mol. The highest BCUT2D eigenvalue weighted by atomic mass is 79.9. The van der Waals surface area contributed by atoms with Gasteiger partial charge in [0.2, 0.25) is 5.69 Å². The minimum absolute atomic E-state index is 0.237. The molecular formula is C12H3BrCl2F5N3O. The molecule has 12 heteroatoms. The maximum absolute atomic E-state index is 12.7. The number of halogens is 8. The van der Waals surface area contributed by atoms with Crippen molar-refractivity contribution in [3.05, 3.63) is 38.0 Å². The molecule has 0 radical (unpaired) electrons. The van der Waals surface area contributed by atoms with Gasteiger partial charge in [-0.3, -0.25) is 0 Å². The predicted octanol–water partition coefficient (Wildman–Crippen LogP) is 5.43. The third kappa shape index (κ3) is 3.58. The summed E-state index contributed by atoms with van der Waals surface area (Å²) in [6.07, 6.45) is -4.69. The quantitative estimate of drug-likeness (QED) is 0.585. The maximum atomic E-state index is 12.7. The zero-order chi connectivity index (χ0) is 18.2. The summed E-state index contributed by atoms with van der Waals surface area (Å²) in [6.45, 7) is -3.25. The summed E-state index contributed by atoms with van der Waals surface area (Å²) >= 11 is 14.5. The lowest BCUT2D eigenvalue weighted by Gasteiger charge is -2.13. The van der Waals surface area contributed by atoms with E-state index in [2.05, 4.69) is 25.8 Å². The molecule has 1 heterocycles. The minimum atomic E-state index is -4.69. The molecule has 0 aliphatic rings. The van der Waals surface area contributed by atoms with E-state index in [1.165, 1.54) is 6.07 Å². The second kappa shape index (κ2) is 6.74. The van der Waals surface area contributed by atoms with Gasteiger partial charge in [0.15, 0.2) is 10.4 Å². The van der Waals surface area contributed by atoms with E-state index in [4.69, 9.17) is 28.5 Å². The first-order valence-corrected chi connectivity index (χ1v) is 7.31. The van der Waals surface area contributed by atoms with E-state index >= 15 is 0 Å². The Bertz CT molecular complexity index is 808. The summed E-state index contributed by atoms with van der Waals surface area (Å²) in [6, 6.07) is 2.71. The number of hydrogen-bond donors (Lipinski definition) is 0. The van der Waals surface area contributed by atoms with Crippen LogP contribution >= 0.6 is 39.1 Å². The van der Waals surface area contributed by atoms with Crippen molar-refractivity contribution in [2.24, 2.45) is 0 Å². The number of benzene rings is 1. The van der Waals surface area contributed by atoms with E-state index in [1.807, 2.05) is 0 Å². The van der Waals surface area contributed by atoms with Crippen molar-refractivity contribution in [1.29, 1.82) is 5.26 Å². The third-order valence-corrected chi connectivity index (χ3v) is 3.93. The van der Waals surface area contributed by atoms with Gasteiger partial charge >= 0.3 is 12.8 Å². The van der Waals surface area contributed by atoms with Gasteiger partial charge in [0.1, 0.15) is 11.8 Å². The molecule has 1 aromatic heterocycles. The zero-order valence-electron chi connectivity index (χ0n) is 11.0. The molecule has 128 valence electrons. The Morgan fingerprint density at radius 2 is 1.79 bits per heavy atom. The number of alkyl halides is 5. The molecule has 1 aromatic carbocycles. The van der Waals surface area contributed by atoms with Crippen molar-refractivity contribution in [2.45, 2.75) is 12.8 Å². The molecule has 24 heavy (non-hydrogen) atoms. The van der Waals surface area contributed by atoms with Crippen molar-refractivity contribution in [1.82, 2.24) is 9.78 Å². The smallest absolute Gasteiger partial charge is 0.416 e. The Hall–Kier alpha value is -1.57. The van der Waals surface area contributed by atoms with Crippen LogP contribution in [0.3, 0.4) is 0 Å². The Labute approximate surface area is 149 Å². The number of nitrogens with zero attached hydrogens (tertiary/aromatic N) is 3. The Morgan fingerprint density at radius 1 is 1.25 bits per heavy atom. The van der Waals surface area contributed by atoms with Crippen LogP contribution in [0.2, 0.25) is 10.0 Å². The number of nitriles is 1. The van der Waals surface area contributed by atoms with Gasteiger partial charge in [-0.05, 0) is 28.1 Å². The topological polar surface area (TPSA) is 50.8 Å². The highest BCUT2D eigenvalue weighted by molar-refractivity contribution is 9.10. The average molecular weight is 451 g/mol. The second-order valence-electron chi connectivity index (χ2n) is 4.16. The first-order chi connectivity index (χ1) is 11.1. The molecule has 0 spiro atoms. The van der Waals surface area contributed by atoms with Crippen molar-refractivity contribution in [3.8, 4) is 17.5 Å². The van der Waals surface area contributed by atoms with Gasteiger partial charge < -0.3 is 4.74 Å². The first kappa shape index (κ1) is 18.8. The number of hydrogen-bond acceptors (Lipinski definition) is 3. The molecule has 0 fully saturated rings. The lowest BCUT2D eigenvalue weighted by Crippen LogP contribution is -2.07. The highest BCUT2D eigenvalue weighted by Gasteiger charge is 2.33. The summed E-state index contributed by atoms with van der Waals surface area (Å²) in [7, 11) is 0. The third-order valence-electron chi connectivity index (χ3n) is 2.66. The van der Waals surface area contributed by atoms with Gasteiger partial charge in [0, 0.05) is 0 Å². The van der Waals surface area contributed by atoms with Crippen LogP contribution < -0.4 is 4.74 Å². The van der Waals surface area contributed by atoms with E-state index in [0.29, 0.717) is 12.1 Å². The lowest BCUT2D eigenvalue weighted by molar-refractivity contribution is -0.137. The van der Waals surface area contributed by atoms with Crippen LogP contribution in [0.25, 0.3) is 5.69 Å². The molecule has 0 atom stereocenters. The van der Waals surface area contributed by atoms with Crippen LogP contribution in [-0.4, -0.2) is 16.4 Å². The van der Waals surface area contributed by atoms with E-state index < -0.39 is 39.8 Å². The highest BCUT2D eigenvalue weighted by Crippen LogP contribution is 2.40. The molecule has 0 aliphatic carbocycles. The Balaban J connectivity index is 2.66. The summed E-state index contributed by atoms with van der Waals surface area (Å²) in [5.74, 6) is -0.598. The van der Waals surface area contributed by atoms with Gasteiger partial charge in [0.25, 0.3) is 0 Å². The molecule has 2 rings (SSSR count). The fourth-order valence-corrected chi connectivity index (χ4v) is 2.91. The normalized spacial score (nSPS) is 11.7. The van der Waals surface area contributed by atoms with Crippen LogP contribution in [0, 0.1) is 11.3 Å². The Kier molecular flexibility index (Phi) is 5.27. The molecular weight excluding hydrogens is 448 g/mol. The summed E-state index contributed by atoms with van der Waals surface area (Å²) in [4.78, 5) is 0. The lowest BCUT2D eigenvalue weighted by atomic mass is 10.2. The number of aromatic nitrogens is 2. The SMILES string of the molecule is N#Cc1nn(-c2c(Cl)cc(C(F)(F)F)cc2Cl)c(Br)c1OC(F)F. The number of rotatable bonds is 3. The zero-order valence-corrected chi connectivity index (χ0v) is 14.1. The molecule has 0 unspecified atom stereocenters. The largest absolute Gasteiger partial charge is 0.429 e. The van der Waals surface area contributed by atoms with Crippen LogP contribution in [0.4, 0.5) is 22.0 Å². The molecule has 0 saturated carbocycles. The van der Waals surface area contributed by atoms with Gasteiger partial charge in [-0.2, -0.15) is 32.3 Å².